The fraction of sp³-hybridized carbons (Fsp3) is 0.375. The summed E-state index contributed by atoms with van der Waals surface area (Å²) in [5.41, 5.74) is 0.678. The van der Waals surface area contributed by atoms with E-state index in [2.05, 4.69) is 0 Å². The van der Waals surface area contributed by atoms with Crippen LogP contribution in [-0.4, -0.2) is 53.4 Å². The first-order chi connectivity index (χ1) is 11.6. The zero-order chi connectivity index (χ0) is 17.5. The monoisotopic (exact) mass is 337 g/mol. The van der Waals surface area contributed by atoms with Crippen LogP contribution in [0.3, 0.4) is 0 Å². The Morgan fingerprint density at radius 1 is 1.12 bits per heavy atom. The smallest absolute Gasteiger partial charge is 0.355 e. The number of para-hydroxylation sites is 2. The van der Waals surface area contributed by atoms with Crippen molar-refractivity contribution in [2.24, 2.45) is 0 Å². The van der Waals surface area contributed by atoms with Crippen LogP contribution < -0.4 is 9.64 Å². The molecule has 0 atom stereocenters. The zero-order valence-electron chi connectivity index (χ0n) is 13.7. The molecule has 24 heavy (non-hydrogen) atoms. The van der Waals surface area contributed by atoms with E-state index in [1.165, 1.54) is 26.2 Å². The van der Waals surface area contributed by atoms with Gasteiger partial charge in [0.25, 0.3) is 0 Å². The molecular weight excluding hydrogens is 318 g/mol. The van der Waals surface area contributed by atoms with Crippen LogP contribution in [0.4, 0.5) is 5.69 Å². The number of hydrogen-bond donors (Lipinski definition) is 0. The average molecular weight is 337 g/mol. The number of anilines is 1. The molecule has 0 aliphatic carbocycles. The molecule has 1 aromatic rings. The summed E-state index contributed by atoms with van der Waals surface area (Å²) in [5, 5.41) is 0. The van der Waals surface area contributed by atoms with Gasteiger partial charge in [-0.2, -0.15) is 0 Å². The number of methoxy groups -OCH3 is 3. The maximum atomic E-state index is 12.3. The summed E-state index contributed by atoms with van der Waals surface area (Å²) in [7, 11) is 3.98. The number of nitrogens with zero attached hydrogens (tertiary/aromatic N) is 1. The van der Waals surface area contributed by atoms with Crippen LogP contribution in [0.2, 0.25) is 0 Å². The van der Waals surface area contributed by atoms with E-state index < -0.39 is 11.9 Å². The van der Waals surface area contributed by atoms with Crippen LogP contribution >= 0.6 is 0 Å². The molecule has 1 aromatic carbocycles. The van der Waals surface area contributed by atoms with Crippen LogP contribution in [0, 0.1) is 0 Å². The molecule has 0 unspecified atom stereocenters. The SMILES string of the molecule is COCOc1ccccc1N1COCC(C(=O)OC)=C1C(=O)OC. The Hall–Kier alpha value is -2.58. The predicted molar refractivity (Wildman–Crippen MR) is 83.3 cm³/mol. The lowest BCUT2D eigenvalue weighted by molar-refractivity contribution is -0.140. The molecule has 0 N–H and O–H groups in total. The number of esters is 2. The van der Waals surface area contributed by atoms with Gasteiger partial charge in [0.1, 0.15) is 18.2 Å². The van der Waals surface area contributed by atoms with E-state index in [-0.39, 0.29) is 31.4 Å². The minimum atomic E-state index is -0.666. The number of hydrogen-bond acceptors (Lipinski definition) is 8. The van der Waals surface area contributed by atoms with Gasteiger partial charge in [-0.3, -0.25) is 0 Å². The fourth-order valence-corrected chi connectivity index (χ4v) is 2.26. The molecule has 130 valence electrons. The highest BCUT2D eigenvalue weighted by atomic mass is 16.7. The number of benzene rings is 1. The topological polar surface area (TPSA) is 83.5 Å². The Labute approximate surface area is 139 Å². The fourth-order valence-electron chi connectivity index (χ4n) is 2.26. The summed E-state index contributed by atoms with van der Waals surface area (Å²) in [6.07, 6.45) is 0. The van der Waals surface area contributed by atoms with Crippen LogP contribution in [0.15, 0.2) is 35.5 Å². The van der Waals surface area contributed by atoms with Gasteiger partial charge < -0.3 is 28.6 Å². The highest BCUT2D eigenvalue weighted by Gasteiger charge is 2.33. The van der Waals surface area contributed by atoms with Gasteiger partial charge >= 0.3 is 11.9 Å². The summed E-state index contributed by atoms with van der Waals surface area (Å²) in [6, 6.07) is 7.01. The second-order valence-electron chi connectivity index (χ2n) is 4.73. The third kappa shape index (κ3) is 3.66. The summed E-state index contributed by atoms with van der Waals surface area (Å²) < 4.78 is 25.4. The molecule has 8 nitrogen and oxygen atoms in total. The lowest BCUT2D eigenvalue weighted by Gasteiger charge is -2.32. The van der Waals surface area contributed by atoms with Crippen LogP contribution in [0.1, 0.15) is 0 Å². The molecule has 0 amide bonds. The van der Waals surface area contributed by atoms with Gasteiger partial charge in [-0.15, -0.1) is 0 Å². The Balaban J connectivity index is 2.51. The molecule has 0 bridgehead atoms. The van der Waals surface area contributed by atoms with E-state index in [0.29, 0.717) is 11.4 Å². The molecule has 1 aliphatic rings. The van der Waals surface area contributed by atoms with E-state index in [1.807, 2.05) is 0 Å². The molecular formula is C16H19NO7. The third-order valence-electron chi connectivity index (χ3n) is 3.32. The van der Waals surface area contributed by atoms with E-state index in [9.17, 15) is 9.59 Å². The number of carbonyl (C=O) groups excluding carboxylic acids is 2. The van der Waals surface area contributed by atoms with E-state index in [0.717, 1.165) is 0 Å². The first-order valence-electron chi connectivity index (χ1n) is 7.09. The number of ether oxygens (including phenoxy) is 5. The van der Waals surface area contributed by atoms with Gasteiger partial charge in [0.15, 0.2) is 6.79 Å². The third-order valence-corrected chi connectivity index (χ3v) is 3.32. The van der Waals surface area contributed by atoms with Gasteiger partial charge in [0.05, 0.1) is 32.1 Å². The molecule has 0 fully saturated rings. The van der Waals surface area contributed by atoms with Crippen molar-refractivity contribution in [2.75, 3.05) is 46.4 Å². The van der Waals surface area contributed by atoms with Crippen molar-refractivity contribution in [1.29, 1.82) is 0 Å². The average Bonchev–Trinajstić information content (AvgIpc) is 2.64. The van der Waals surface area contributed by atoms with E-state index in [1.54, 1.807) is 24.3 Å². The van der Waals surface area contributed by atoms with Gasteiger partial charge in [-0.05, 0) is 12.1 Å². The first kappa shape index (κ1) is 17.8. The van der Waals surface area contributed by atoms with Crippen molar-refractivity contribution in [1.82, 2.24) is 0 Å². The largest absolute Gasteiger partial charge is 0.466 e. The molecule has 2 rings (SSSR count). The van der Waals surface area contributed by atoms with Gasteiger partial charge in [0, 0.05) is 7.11 Å². The maximum Gasteiger partial charge on any atom is 0.355 e. The van der Waals surface area contributed by atoms with Gasteiger partial charge in [0.2, 0.25) is 0 Å². The minimum absolute atomic E-state index is 0.0346. The molecule has 0 saturated heterocycles. The Morgan fingerprint density at radius 3 is 2.50 bits per heavy atom. The van der Waals surface area contributed by atoms with E-state index >= 15 is 0 Å². The quantitative estimate of drug-likeness (QED) is 0.563. The summed E-state index contributed by atoms with van der Waals surface area (Å²) >= 11 is 0. The predicted octanol–water partition coefficient (Wildman–Crippen LogP) is 1.06. The van der Waals surface area contributed by atoms with Crippen molar-refractivity contribution in [3.63, 3.8) is 0 Å². The lowest BCUT2D eigenvalue weighted by atomic mass is 10.1. The summed E-state index contributed by atoms with van der Waals surface area (Å²) in [4.78, 5) is 25.7. The maximum absolute atomic E-state index is 12.3. The molecule has 1 aliphatic heterocycles. The van der Waals surface area contributed by atoms with Crippen molar-refractivity contribution >= 4 is 17.6 Å². The highest BCUT2D eigenvalue weighted by Crippen LogP contribution is 2.33. The molecule has 0 saturated carbocycles. The normalized spacial score (nSPS) is 14.4. The van der Waals surface area contributed by atoms with Crippen LogP contribution in [0.5, 0.6) is 5.75 Å². The van der Waals surface area contributed by atoms with Crippen LogP contribution in [0.25, 0.3) is 0 Å². The van der Waals surface area contributed by atoms with Gasteiger partial charge in [-0.25, -0.2) is 9.59 Å². The molecule has 8 heteroatoms. The number of rotatable bonds is 6. The Morgan fingerprint density at radius 2 is 1.83 bits per heavy atom. The molecule has 1 heterocycles. The second-order valence-corrected chi connectivity index (χ2v) is 4.73. The Kier molecular flexibility index (Phi) is 6.16. The second kappa shape index (κ2) is 8.32. The van der Waals surface area contributed by atoms with Crippen molar-refractivity contribution in [3.05, 3.63) is 35.5 Å². The van der Waals surface area contributed by atoms with E-state index in [4.69, 9.17) is 23.7 Å². The highest BCUT2D eigenvalue weighted by molar-refractivity contribution is 6.03. The molecule has 0 spiro atoms. The zero-order valence-corrected chi connectivity index (χ0v) is 13.7. The molecule has 0 radical (unpaired) electrons. The van der Waals surface area contributed by atoms with Crippen molar-refractivity contribution in [2.45, 2.75) is 0 Å². The number of carbonyl (C=O) groups is 2. The van der Waals surface area contributed by atoms with Crippen molar-refractivity contribution in [3.8, 4) is 5.75 Å². The lowest BCUT2D eigenvalue weighted by Crippen LogP contribution is -2.39. The summed E-state index contributed by atoms with van der Waals surface area (Å²) in [5.74, 6) is -0.855. The van der Waals surface area contributed by atoms with Gasteiger partial charge in [-0.1, -0.05) is 12.1 Å². The van der Waals surface area contributed by atoms with Crippen molar-refractivity contribution < 1.29 is 33.3 Å². The summed E-state index contributed by atoms with van der Waals surface area (Å²) in [6.45, 7) is 0.0415. The first-order valence-corrected chi connectivity index (χ1v) is 7.09. The van der Waals surface area contributed by atoms with Crippen LogP contribution in [-0.2, 0) is 28.5 Å². The molecule has 0 aromatic heterocycles. The minimum Gasteiger partial charge on any atom is -0.466 e. The Bertz CT molecular complexity index is 641. The standard InChI is InChI=1S/C16H19NO7/c1-20-10-24-13-7-5-4-6-12(13)17-9-23-8-11(15(18)21-2)14(17)16(19)22-3/h4-7H,8-10H2,1-3H3.